The Morgan fingerprint density at radius 3 is 2.38 bits per heavy atom. The van der Waals surface area contributed by atoms with Crippen molar-refractivity contribution in [3.05, 3.63) is 0 Å². The minimum Gasteiger partial charge on any atom is -0.337 e. The number of thioether (sulfide) groups is 1. The van der Waals surface area contributed by atoms with Crippen LogP contribution in [0.25, 0.3) is 0 Å². The highest BCUT2D eigenvalue weighted by atomic mass is 32.2. The smallest absolute Gasteiger partial charge is 0.315 e. The quantitative estimate of drug-likeness (QED) is 0.691. The van der Waals surface area contributed by atoms with E-state index in [0.29, 0.717) is 12.2 Å². The minimum atomic E-state index is -2.89. The molecule has 0 rings (SSSR count). The van der Waals surface area contributed by atoms with Crippen LogP contribution in [-0.2, 0) is 4.79 Å². The van der Waals surface area contributed by atoms with Crippen LogP contribution in [0.4, 0.5) is 8.78 Å². The van der Waals surface area contributed by atoms with Gasteiger partial charge in [-0.1, -0.05) is 6.92 Å². The van der Waals surface area contributed by atoms with Gasteiger partial charge in [-0.05, 0) is 12.7 Å². The molecule has 13 heavy (non-hydrogen) atoms. The molecule has 1 atom stereocenters. The molecule has 0 fully saturated rings. The van der Waals surface area contributed by atoms with E-state index in [1.165, 1.54) is 7.05 Å². The number of alkyl halides is 2. The summed E-state index contributed by atoms with van der Waals surface area (Å²) in [5, 5.41) is 0. The Bertz CT molecular complexity index is 166. The molecule has 78 valence electrons. The van der Waals surface area contributed by atoms with E-state index >= 15 is 0 Å². The molecule has 1 amide bonds. The molecular formula is C8H15F2NOS. The number of halogens is 2. The van der Waals surface area contributed by atoms with Gasteiger partial charge in [-0.2, -0.15) is 20.5 Å². The van der Waals surface area contributed by atoms with Crippen molar-refractivity contribution < 1.29 is 13.6 Å². The lowest BCUT2D eigenvalue weighted by atomic mass is 10.2. The molecular weight excluding hydrogens is 196 g/mol. The van der Waals surface area contributed by atoms with Crippen LogP contribution in [-0.4, -0.2) is 42.3 Å². The standard InChI is InChI=1S/C8H15F2NOS/c1-4-6(5-13-3)11(2)8(12)7(9)10/h6-7H,4-5H2,1-3H3. The number of hydrogen-bond donors (Lipinski definition) is 0. The normalized spacial score (nSPS) is 13.1. The maximum absolute atomic E-state index is 12.0. The summed E-state index contributed by atoms with van der Waals surface area (Å²) in [5.74, 6) is -0.383. The average molecular weight is 211 g/mol. The molecule has 0 aliphatic carbocycles. The van der Waals surface area contributed by atoms with E-state index in [1.54, 1.807) is 11.8 Å². The number of hydrogen-bond acceptors (Lipinski definition) is 2. The van der Waals surface area contributed by atoms with Crippen molar-refractivity contribution in [2.24, 2.45) is 0 Å². The van der Waals surface area contributed by atoms with Crippen molar-refractivity contribution in [2.45, 2.75) is 25.8 Å². The molecule has 0 aromatic rings. The van der Waals surface area contributed by atoms with Gasteiger partial charge in [-0.15, -0.1) is 0 Å². The first kappa shape index (κ1) is 12.7. The summed E-state index contributed by atoms with van der Waals surface area (Å²) in [4.78, 5) is 12.0. The number of rotatable bonds is 5. The molecule has 0 aliphatic heterocycles. The van der Waals surface area contributed by atoms with Gasteiger partial charge >= 0.3 is 6.43 Å². The first-order chi connectivity index (χ1) is 6.04. The van der Waals surface area contributed by atoms with Gasteiger partial charge in [0.1, 0.15) is 0 Å². The SMILES string of the molecule is CCC(CSC)N(C)C(=O)C(F)F. The molecule has 2 nitrogen and oxygen atoms in total. The van der Waals surface area contributed by atoms with Gasteiger partial charge in [0.05, 0.1) is 0 Å². The highest BCUT2D eigenvalue weighted by Gasteiger charge is 2.24. The summed E-state index contributed by atoms with van der Waals surface area (Å²) in [5.41, 5.74) is 0. The van der Waals surface area contributed by atoms with Gasteiger partial charge in [0, 0.05) is 18.8 Å². The van der Waals surface area contributed by atoms with Gasteiger partial charge < -0.3 is 4.90 Å². The van der Waals surface area contributed by atoms with Crippen molar-refractivity contribution in [3.63, 3.8) is 0 Å². The summed E-state index contributed by atoms with van der Waals surface area (Å²) >= 11 is 1.55. The van der Waals surface area contributed by atoms with Crippen molar-refractivity contribution in [2.75, 3.05) is 19.1 Å². The minimum absolute atomic E-state index is 0.0866. The Hall–Kier alpha value is -0.320. The third-order valence-electron chi connectivity index (χ3n) is 1.91. The Morgan fingerprint density at radius 2 is 2.08 bits per heavy atom. The zero-order valence-corrected chi connectivity index (χ0v) is 8.91. The van der Waals surface area contributed by atoms with Crippen LogP contribution < -0.4 is 0 Å². The summed E-state index contributed by atoms with van der Waals surface area (Å²) < 4.78 is 24.0. The van der Waals surface area contributed by atoms with Crippen LogP contribution in [0.1, 0.15) is 13.3 Å². The Balaban J connectivity index is 4.18. The zero-order valence-electron chi connectivity index (χ0n) is 8.09. The predicted octanol–water partition coefficient (Wildman–Crippen LogP) is 1.85. The van der Waals surface area contributed by atoms with Gasteiger partial charge in [0.15, 0.2) is 0 Å². The second-order valence-electron chi connectivity index (χ2n) is 2.77. The summed E-state index contributed by atoms with van der Waals surface area (Å²) in [6, 6.07) is -0.0866. The molecule has 0 aromatic heterocycles. The maximum atomic E-state index is 12.0. The van der Waals surface area contributed by atoms with Gasteiger partial charge in [-0.25, -0.2) is 0 Å². The second kappa shape index (κ2) is 6.18. The van der Waals surface area contributed by atoms with E-state index in [-0.39, 0.29) is 6.04 Å². The molecule has 0 heterocycles. The van der Waals surface area contributed by atoms with Crippen LogP contribution in [0.3, 0.4) is 0 Å². The summed E-state index contributed by atoms with van der Waals surface area (Å²) in [7, 11) is 1.43. The molecule has 0 spiro atoms. The van der Waals surface area contributed by atoms with Crippen molar-refractivity contribution in [1.29, 1.82) is 0 Å². The van der Waals surface area contributed by atoms with Crippen LogP contribution >= 0.6 is 11.8 Å². The fourth-order valence-electron chi connectivity index (χ4n) is 1.03. The monoisotopic (exact) mass is 211 g/mol. The topological polar surface area (TPSA) is 20.3 Å². The Kier molecular flexibility index (Phi) is 6.03. The third kappa shape index (κ3) is 3.93. The number of carbonyl (C=O) groups excluding carboxylic acids is 1. The highest BCUT2D eigenvalue weighted by molar-refractivity contribution is 7.98. The lowest BCUT2D eigenvalue weighted by molar-refractivity contribution is -0.143. The van der Waals surface area contributed by atoms with E-state index in [4.69, 9.17) is 0 Å². The molecule has 0 aliphatic rings. The van der Waals surface area contributed by atoms with Crippen LogP contribution in [0.5, 0.6) is 0 Å². The fraction of sp³-hybridized carbons (Fsp3) is 0.875. The van der Waals surface area contributed by atoms with Crippen molar-refractivity contribution in [1.82, 2.24) is 4.90 Å². The Morgan fingerprint density at radius 1 is 1.54 bits per heavy atom. The average Bonchev–Trinajstić information content (AvgIpc) is 2.11. The molecule has 0 radical (unpaired) electrons. The lowest BCUT2D eigenvalue weighted by Gasteiger charge is -2.26. The zero-order chi connectivity index (χ0) is 10.4. The summed E-state index contributed by atoms with van der Waals surface area (Å²) in [6.07, 6.45) is -0.292. The summed E-state index contributed by atoms with van der Waals surface area (Å²) in [6.45, 7) is 1.89. The van der Waals surface area contributed by atoms with Crippen LogP contribution in [0.15, 0.2) is 0 Å². The van der Waals surface area contributed by atoms with E-state index in [9.17, 15) is 13.6 Å². The predicted molar refractivity (Wildman–Crippen MR) is 51.2 cm³/mol. The molecule has 1 unspecified atom stereocenters. The molecule has 0 saturated heterocycles. The number of amides is 1. The highest BCUT2D eigenvalue weighted by Crippen LogP contribution is 2.10. The lowest BCUT2D eigenvalue weighted by Crippen LogP contribution is -2.41. The van der Waals surface area contributed by atoms with Gasteiger partial charge in [0.25, 0.3) is 5.91 Å². The van der Waals surface area contributed by atoms with E-state index in [1.807, 2.05) is 13.2 Å². The van der Waals surface area contributed by atoms with Crippen molar-refractivity contribution >= 4 is 17.7 Å². The van der Waals surface area contributed by atoms with Crippen molar-refractivity contribution in [3.8, 4) is 0 Å². The molecule has 5 heteroatoms. The molecule has 0 N–H and O–H groups in total. The molecule has 0 bridgehead atoms. The van der Waals surface area contributed by atoms with E-state index in [0.717, 1.165) is 4.90 Å². The van der Waals surface area contributed by atoms with Gasteiger partial charge in [0.2, 0.25) is 0 Å². The second-order valence-corrected chi connectivity index (χ2v) is 3.68. The Labute approximate surface area is 81.7 Å². The molecule has 0 saturated carbocycles. The number of carbonyl (C=O) groups is 1. The first-order valence-corrected chi connectivity index (χ1v) is 5.47. The number of nitrogens with zero attached hydrogens (tertiary/aromatic N) is 1. The molecule has 0 aromatic carbocycles. The van der Waals surface area contributed by atoms with Crippen LogP contribution in [0, 0.1) is 0 Å². The van der Waals surface area contributed by atoms with Gasteiger partial charge in [-0.3, -0.25) is 4.79 Å². The first-order valence-electron chi connectivity index (χ1n) is 4.08. The van der Waals surface area contributed by atoms with Crippen LogP contribution in [0.2, 0.25) is 0 Å². The van der Waals surface area contributed by atoms with E-state index in [2.05, 4.69) is 0 Å². The largest absolute Gasteiger partial charge is 0.337 e. The fourth-order valence-corrected chi connectivity index (χ4v) is 1.87. The third-order valence-corrected chi connectivity index (χ3v) is 2.63. The van der Waals surface area contributed by atoms with E-state index < -0.39 is 12.3 Å². The maximum Gasteiger partial charge on any atom is 0.315 e.